The van der Waals surface area contributed by atoms with Gasteiger partial charge in [-0.3, -0.25) is 4.79 Å². The summed E-state index contributed by atoms with van der Waals surface area (Å²) in [5.74, 6) is -0.562. The van der Waals surface area contributed by atoms with Crippen LogP contribution in [-0.4, -0.2) is 49.7 Å². The van der Waals surface area contributed by atoms with Gasteiger partial charge in [0.1, 0.15) is 12.4 Å². The molecule has 1 aromatic carbocycles. The van der Waals surface area contributed by atoms with Gasteiger partial charge in [-0.2, -0.15) is 0 Å². The maximum atomic E-state index is 11.6. The molecule has 2 rings (SSSR count). The number of imide groups is 1. The number of carbonyl (C=O) groups is 3. The van der Waals surface area contributed by atoms with Crippen molar-refractivity contribution in [3.8, 4) is 5.75 Å². The Bertz CT molecular complexity index is 593. The van der Waals surface area contributed by atoms with Crippen LogP contribution in [0.4, 0.5) is 4.79 Å². The van der Waals surface area contributed by atoms with E-state index in [-0.39, 0.29) is 13.2 Å². The summed E-state index contributed by atoms with van der Waals surface area (Å²) >= 11 is 0. The van der Waals surface area contributed by atoms with Crippen molar-refractivity contribution in [2.24, 2.45) is 0 Å². The van der Waals surface area contributed by atoms with Crippen LogP contribution in [0.15, 0.2) is 30.3 Å². The Morgan fingerprint density at radius 1 is 1.32 bits per heavy atom. The molecule has 1 aromatic rings. The highest BCUT2D eigenvalue weighted by atomic mass is 16.6. The third-order valence-corrected chi connectivity index (χ3v) is 2.93. The highest BCUT2D eigenvalue weighted by Gasteiger charge is 2.28. The summed E-state index contributed by atoms with van der Waals surface area (Å²) in [5.41, 5.74) is 0.784. The second kappa shape index (κ2) is 7.26. The Balaban J connectivity index is 1.80. The predicted octanol–water partition coefficient (Wildman–Crippen LogP) is 1.23. The third-order valence-electron chi connectivity index (χ3n) is 2.93. The number of cyclic esters (lactones) is 1. The van der Waals surface area contributed by atoms with E-state index in [9.17, 15) is 14.4 Å². The molecule has 1 aliphatic rings. The number of benzene rings is 1. The second-order valence-corrected chi connectivity index (χ2v) is 4.37. The quantitative estimate of drug-likeness (QED) is 0.601. The first kappa shape index (κ1) is 15.6. The molecule has 2 amide bonds. The van der Waals surface area contributed by atoms with E-state index in [1.165, 1.54) is 6.08 Å². The molecular formula is C15H15NO6. The molecule has 7 nitrogen and oxygen atoms in total. The van der Waals surface area contributed by atoms with Crippen molar-refractivity contribution in [2.75, 3.05) is 26.9 Å². The number of ether oxygens (including phenoxy) is 3. The summed E-state index contributed by atoms with van der Waals surface area (Å²) in [6.45, 7) is -0.159. The molecule has 1 aliphatic heterocycles. The molecule has 0 aromatic heterocycles. The third kappa shape index (κ3) is 4.08. The minimum Gasteiger partial charge on any atom is -0.497 e. The van der Waals surface area contributed by atoms with Crippen molar-refractivity contribution in [3.05, 3.63) is 35.9 Å². The SMILES string of the molecule is COc1ccc(/C=C/C(=O)OCC(=O)N2CCOC2=O)cc1. The summed E-state index contributed by atoms with van der Waals surface area (Å²) in [5, 5.41) is 0. The van der Waals surface area contributed by atoms with E-state index in [4.69, 9.17) is 9.47 Å². The first-order valence-corrected chi connectivity index (χ1v) is 6.56. The first-order valence-electron chi connectivity index (χ1n) is 6.56. The van der Waals surface area contributed by atoms with Gasteiger partial charge in [-0.15, -0.1) is 0 Å². The van der Waals surface area contributed by atoms with E-state index < -0.39 is 24.6 Å². The van der Waals surface area contributed by atoms with Gasteiger partial charge in [-0.1, -0.05) is 12.1 Å². The molecule has 116 valence electrons. The Labute approximate surface area is 127 Å². The summed E-state index contributed by atoms with van der Waals surface area (Å²) in [7, 11) is 1.56. The summed E-state index contributed by atoms with van der Waals surface area (Å²) in [6, 6.07) is 7.06. The normalized spacial score (nSPS) is 14.0. The van der Waals surface area contributed by atoms with Gasteiger partial charge in [0.15, 0.2) is 6.61 Å². The largest absolute Gasteiger partial charge is 0.497 e. The molecule has 0 unspecified atom stereocenters. The second-order valence-electron chi connectivity index (χ2n) is 4.37. The molecule has 1 fully saturated rings. The van der Waals surface area contributed by atoms with E-state index in [0.717, 1.165) is 10.5 Å². The van der Waals surface area contributed by atoms with Gasteiger partial charge in [0.05, 0.1) is 13.7 Å². The average Bonchev–Trinajstić information content (AvgIpc) is 2.97. The zero-order valence-electron chi connectivity index (χ0n) is 12.0. The molecule has 0 N–H and O–H groups in total. The highest BCUT2D eigenvalue weighted by Crippen LogP contribution is 2.12. The van der Waals surface area contributed by atoms with Crippen LogP contribution in [0, 0.1) is 0 Å². The van der Waals surface area contributed by atoms with Crippen LogP contribution in [-0.2, 0) is 19.1 Å². The number of carbonyl (C=O) groups excluding carboxylic acids is 3. The molecular weight excluding hydrogens is 290 g/mol. The van der Waals surface area contributed by atoms with Gasteiger partial charge in [0.25, 0.3) is 5.91 Å². The number of rotatable bonds is 5. The van der Waals surface area contributed by atoms with Gasteiger partial charge >= 0.3 is 12.1 Å². The Morgan fingerprint density at radius 2 is 2.05 bits per heavy atom. The van der Waals surface area contributed by atoms with Gasteiger partial charge < -0.3 is 14.2 Å². The van der Waals surface area contributed by atoms with Crippen LogP contribution in [0.5, 0.6) is 5.75 Å². The lowest BCUT2D eigenvalue weighted by molar-refractivity contribution is -0.146. The van der Waals surface area contributed by atoms with Gasteiger partial charge in [-0.25, -0.2) is 14.5 Å². The van der Waals surface area contributed by atoms with Crippen molar-refractivity contribution in [1.82, 2.24) is 4.90 Å². The molecule has 0 aliphatic carbocycles. The lowest BCUT2D eigenvalue weighted by atomic mass is 10.2. The highest BCUT2D eigenvalue weighted by molar-refractivity contribution is 5.95. The summed E-state index contributed by atoms with van der Waals surface area (Å²) < 4.78 is 14.4. The number of amides is 2. The fraction of sp³-hybridized carbons (Fsp3) is 0.267. The number of methoxy groups -OCH3 is 1. The minimum absolute atomic E-state index is 0.163. The Hall–Kier alpha value is -2.83. The van der Waals surface area contributed by atoms with E-state index in [2.05, 4.69) is 4.74 Å². The van der Waals surface area contributed by atoms with E-state index in [1.807, 2.05) is 0 Å². The van der Waals surface area contributed by atoms with Crippen LogP contribution < -0.4 is 4.74 Å². The molecule has 1 heterocycles. The lowest BCUT2D eigenvalue weighted by Gasteiger charge is -2.09. The number of nitrogens with zero attached hydrogens (tertiary/aromatic N) is 1. The van der Waals surface area contributed by atoms with E-state index >= 15 is 0 Å². The van der Waals surface area contributed by atoms with Crippen molar-refractivity contribution in [3.63, 3.8) is 0 Å². The van der Waals surface area contributed by atoms with Crippen LogP contribution in [0.3, 0.4) is 0 Å². The molecule has 22 heavy (non-hydrogen) atoms. The molecule has 0 spiro atoms. The van der Waals surface area contributed by atoms with Gasteiger partial charge in [-0.05, 0) is 23.8 Å². The number of esters is 1. The average molecular weight is 305 g/mol. The Morgan fingerprint density at radius 3 is 2.64 bits per heavy atom. The minimum atomic E-state index is -0.713. The standard InChI is InChI=1S/C15H15NO6/c1-20-12-5-2-11(3-6-12)4-7-14(18)22-10-13(17)16-8-9-21-15(16)19/h2-7H,8-10H2,1H3/b7-4+. The first-order chi connectivity index (χ1) is 10.6. The van der Waals surface area contributed by atoms with Crippen molar-refractivity contribution < 1.29 is 28.6 Å². The van der Waals surface area contributed by atoms with Crippen LogP contribution in [0.2, 0.25) is 0 Å². The zero-order chi connectivity index (χ0) is 15.9. The summed E-state index contributed by atoms with van der Waals surface area (Å²) in [4.78, 5) is 35.2. The fourth-order valence-corrected chi connectivity index (χ4v) is 1.76. The molecule has 0 saturated carbocycles. The maximum absolute atomic E-state index is 11.6. The van der Waals surface area contributed by atoms with Crippen LogP contribution >= 0.6 is 0 Å². The number of hydrogen-bond acceptors (Lipinski definition) is 6. The van der Waals surface area contributed by atoms with E-state index in [1.54, 1.807) is 37.5 Å². The van der Waals surface area contributed by atoms with Gasteiger partial charge in [0, 0.05) is 6.08 Å². The molecule has 7 heteroatoms. The maximum Gasteiger partial charge on any atom is 0.416 e. The molecule has 0 radical (unpaired) electrons. The van der Waals surface area contributed by atoms with Crippen molar-refractivity contribution in [1.29, 1.82) is 0 Å². The lowest BCUT2D eigenvalue weighted by Crippen LogP contribution is -2.35. The van der Waals surface area contributed by atoms with Crippen molar-refractivity contribution in [2.45, 2.75) is 0 Å². The molecule has 1 saturated heterocycles. The van der Waals surface area contributed by atoms with Gasteiger partial charge in [0.2, 0.25) is 0 Å². The predicted molar refractivity (Wildman–Crippen MR) is 76.0 cm³/mol. The summed E-state index contributed by atoms with van der Waals surface area (Å²) in [6.07, 6.45) is 2.04. The monoisotopic (exact) mass is 305 g/mol. The van der Waals surface area contributed by atoms with Crippen LogP contribution in [0.25, 0.3) is 6.08 Å². The fourth-order valence-electron chi connectivity index (χ4n) is 1.76. The molecule has 0 atom stereocenters. The van der Waals surface area contributed by atoms with Crippen molar-refractivity contribution >= 4 is 24.0 Å². The van der Waals surface area contributed by atoms with E-state index in [0.29, 0.717) is 5.75 Å². The molecule has 0 bridgehead atoms. The smallest absolute Gasteiger partial charge is 0.416 e. The number of hydrogen-bond donors (Lipinski definition) is 0. The zero-order valence-corrected chi connectivity index (χ0v) is 12.0. The Kier molecular flexibility index (Phi) is 5.13. The van der Waals surface area contributed by atoms with Crippen LogP contribution in [0.1, 0.15) is 5.56 Å². The topological polar surface area (TPSA) is 82.1 Å².